The lowest BCUT2D eigenvalue weighted by molar-refractivity contribution is 0.213. The molecule has 0 aromatic heterocycles. The lowest BCUT2D eigenvalue weighted by atomic mass is 9.62. The molecule has 86 valence electrons. The second kappa shape index (κ2) is 2.99. The molecule has 0 radical (unpaired) electrons. The Morgan fingerprint density at radius 1 is 1.19 bits per heavy atom. The maximum atomic E-state index is 13.4. The first-order chi connectivity index (χ1) is 7.55. The van der Waals surface area contributed by atoms with E-state index in [4.69, 9.17) is 0 Å². The Hall–Kier alpha value is -1.05. The molecule has 2 atom stereocenters. The predicted molar refractivity (Wildman–Crippen MR) is 64.2 cm³/mol. The quantitative estimate of drug-likeness (QED) is 0.699. The Morgan fingerprint density at radius 3 is 2.75 bits per heavy atom. The molecule has 1 heterocycles. The van der Waals surface area contributed by atoms with Crippen LogP contribution in [0.15, 0.2) is 18.2 Å². The van der Waals surface area contributed by atoms with Crippen LogP contribution in [-0.4, -0.2) is 5.54 Å². The largest absolute Gasteiger partial charge is 0.379 e. The fraction of sp³-hybridized carbons (Fsp3) is 0.571. The van der Waals surface area contributed by atoms with Crippen LogP contribution in [0.2, 0.25) is 0 Å². The second-order valence-electron chi connectivity index (χ2n) is 5.69. The molecule has 0 spiro atoms. The average molecular weight is 219 g/mol. The van der Waals surface area contributed by atoms with E-state index in [0.29, 0.717) is 0 Å². The molecule has 1 aromatic rings. The van der Waals surface area contributed by atoms with Crippen molar-refractivity contribution in [3.8, 4) is 0 Å². The van der Waals surface area contributed by atoms with Crippen LogP contribution in [0.5, 0.6) is 0 Å². The zero-order chi connectivity index (χ0) is 11.4. The van der Waals surface area contributed by atoms with E-state index in [0.717, 1.165) is 12.1 Å². The molecule has 1 nitrogen and oxygen atoms in total. The standard InChI is InChI=1S/C14H18FN/c1-13-7-3-4-8-14(13,2)16-12-6-5-10(15)9-11(12)13/h5-6,9,16H,3-4,7-8H2,1-2H3. The first-order valence-electron chi connectivity index (χ1n) is 6.13. The zero-order valence-electron chi connectivity index (χ0n) is 9.94. The first kappa shape index (κ1) is 10.1. The van der Waals surface area contributed by atoms with Crippen LogP contribution in [-0.2, 0) is 5.41 Å². The van der Waals surface area contributed by atoms with Gasteiger partial charge in [-0.05, 0) is 43.5 Å². The number of anilines is 1. The summed E-state index contributed by atoms with van der Waals surface area (Å²) in [5.41, 5.74) is 2.52. The van der Waals surface area contributed by atoms with E-state index < -0.39 is 0 Å². The number of fused-ring (bicyclic) bond motifs is 3. The van der Waals surface area contributed by atoms with Gasteiger partial charge in [0.1, 0.15) is 5.82 Å². The number of benzene rings is 1. The van der Waals surface area contributed by atoms with Crippen LogP contribution in [0, 0.1) is 5.82 Å². The fourth-order valence-electron chi connectivity index (χ4n) is 3.52. The molecule has 1 fully saturated rings. The summed E-state index contributed by atoms with van der Waals surface area (Å²) in [6.45, 7) is 4.56. The Kier molecular flexibility index (Phi) is 1.90. The highest BCUT2D eigenvalue weighted by Crippen LogP contribution is 2.54. The van der Waals surface area contributed by atoms with Gasteiger partial charge in [0.05, 0.1) is 0 Å². The van der Waals surface area contributed by atoms with Crippen LogP contribution in [0.1, 0.15) is 45.1 Å². The Morgan fingerprint density at radius 2 is 1.94 bits per heavy atom. The van der Waals surface area contributed by atoms with E-state index in [1.807, 2.05) is 6.07 Å². The van der Waals surface area contributed by atoms with Crippen molar-refractivity contribution in [3.63, 3.8) is 0 Å². The van der Waals surface area contributed by atoms with Gasteiger partial charge in [0.2, 0.25) is 0 Å². The SMILES string of the molecule is CC12CCCCC1(C)c1cc(F)ccc1N2. The highest BCUT2D eigenvalue weighted by molar-refractivity contribution is 5.64. The van der Waals surface area contributed by atoms with Crippen LogP contribution in [0.3, 0.4) is 0 Å². The molecule has 3 rings (SSSR count). The number of rotatable bonds is 0. The summed E-state index contributed by atoms with van der Waals surface area (Å²) in [7, 11) is 0. The third-order valence-electron chi connectivity index (χ3n) is 4.81. The van der Waals surface area contributed by atoms with Gasteiger partial charge in [-0.15, -0.1) is 0 Å². The Bertz CT molecular complexity index is 442. The van der Waals surface area contributed by atoms with Gasteiger partial charge in [-0.1, -0.05) is 19.8 Å². The molecule has 2 aliphatic rings. The number of nitrogens with one attached hydrogen (secondary N) is 1. The average Bonchev–Trinajstić information content (AvgIpc) is 2.47. The number of hydrogen-bond donors (Lipinski definition) is 1. The summed E-state index contributed by atoms with van der Waals surface area (Å²) >= 11 is 0. The van der Waals surface area contributed by atoms with Gasteiger partial charge in [-0.25, -0.2) is 4.39 Å². The van der Waals surface area contributed by atoms with E-state index in [-0.39, 0.29) is 16.8 Å². The van der Waals surface area contributed by atoms with Gasteiger partial charge in [-0.2, -0.15) is 0 Å². The summed E-state index contributed by atoms with van der Waals surface area (Å²) < 4.78 is 13.4. The second-order valence-corrected chi connectivity index (χ2v) is 5.69. The lowest BCUT2D eigenvalue weighted by Crippen LogP contribution is -2.50. The normalized spacial score (nSPS) is 36.4. The van der Waals surface area contributed by atoms with E-state index >= 15 is 0 Å². The minimum absolute atomic E-state index is 0.0999. The van der Waals surface area contributed by atoms with Gasteiger partial charge in [0.25, 0.3) is 0 Å². The minimum atomic E-state index is -0.114. The van der Waals surface area contributed by atoms with Crippen molar-refractivity contribution in [2.45, 2.75) is 50.5 Å². The summed E-state index contributed by atoms with van der Waals surface area (Å²) in [4.78, 5) is 0. The van der Waals surface area contributed by atoms with Gasteiger partial charge in [-0.3, -0.25) is 0 Å². The first-order valence-corrected chi connectivity index (χ1v) is 6.13. The molecule has 1 aromatic carbocycles. The van der Waals surface area contributed by atoms with Crippen LogP contribution < -0.4 is 5.32 Å². The summed E-state index contributed by atoms with van der Waals surface area (Å²) in [6, 6.07) is 5.16. The predicted octanol–water partition coefficient (Wildman–Crippen LogP) is 3.84. The molecule has 1 saturated carbocycles. The monoisotopic (exact) mass is 219 g/mol. The summed E-state index contributed by atoms with van der Waals surface area (Å²) in [5.74, 6) is -0.114. The summed E-state index contributed by atoms with van der Waals surface area (Å²) in [5, 5.41) is 3.61. The van der Waals surface area contributed by atoms with Gasteiger partial charge < -0.3 is 5.32 Å². The van der Waals surface area contributed by atoms with Crippen molar-refractivity contribution in [2.24, 2.45) is 0 Å². The molecule has 2 unspecified atom stereocenters. The smallest absolute Gasteiger partial charge is 0.123 e. The summed E-state index contributed by atoms with van der Waals surface area (Å²) in [6.07, 6.45) is 4.87. The molecule has 0 bridgehead atoms. The van der Waals surface area contributed by atoms with Crippen LogP contribution >= 0.6 is 0 Å². The van der Waals surface area contributed by atoms with E-state index in [1.165, 1.54) is 24.8 Å². The van der Waals surface area contributed by atoms with E-state index in [1.54, 1.807) is 12.1 Å². The van der Waals surface area contributed by atoms with Gasteiger partial charge >= 0.3 is 0 Å². The molecule has 1 aliphatic heterocycles. The third kappa shape index (κ3) is 1.10. The molecular formula is C14H18FN. The minimum Gasteiger partial charge on any atom is -0.379 e. The maximum Gasteiger partial charge on any atom is 0.123 e. The third-order valence-corrected chi connectivity index (χ3v) is 4.81. The van der Waals surface area contributed by atoms with Crippen molar-refractivity contribution < 1.29 is 4.39 Å². The Labute approximate surface area is 96.1 Å². The highest BCUT2D eigenvalue weighted by Gasteiger charge is 2.52. The molecule has 0 saturated heterocycles. The van der Waals surface area contributed by atoms with E-state index in [2.05, 4.69) is 19.2 Å². The molecule has 0 amide bonds. The number of hydrogen-bond acceptors (Lipinski definition) is 1. The molecule has 2 heteroatoms. The fourth-order valence-corrected chi connectivity index (χ4v) is 3.52. The zero-order valence-corrected chi connectivity index (χ0v) is 9.94. The van der Waals surface area contributed by atoms with E-state index in [9.17, 15) is 4.39 Å². The maximum absolute atomic E-state index is 13.4. The molecule has 1 aliphatic carbocycles. The van der Waals surface area contributed by atoms with Crippen molar-refractivity contribution >= 4 is 5.69 Å². The molecule has 1 N–H and O–H groups in total. The molecular weight excluding hydrogens is 201 g/mol. The highest BCUT2D eigenvalue weighted by atomic mass is 19.1. The van der Waals surface area contributed by atoms with Crippen molar-refractivity contribution in [1.29, 1.82) is 0 Å². The van der Waals surface area contributed by atoms with Gasteiger partial charge in [0.15, 0.2) is 0 Å². The van der Waals surface area contributed by atoms with Gasteiger partial charge in [0, 0.05) is 16.6 Å². The topological polar surface area (TPSA) is 12.0 Å². The van der Waals surface area contributed by atoms with Crippen molar-refractivity contribution in [3.05, 3.63) is 29.6 Å². The Balaban J connectivity index is 2.17. The number of halogens is 1. The van der Waals surface area contributed by atoms with Crippen LogP contribution in [0.25, 0.3) is 0 Å². The van der Waals surface area contributed by atoms with Crippen LogP contribution in [0.4, 0.5) is 10.1 Å². The van der Waals surface area contributed by atoms with Crippen molar-refractivity contribution in [2.75, 3.05) is 5.32 Å². The lowest BCUT2D eigenvalue weighted by Gasteiger charge is -2.45. The van der Waals surface area contributed by atoms with Crippen molar-refractivity contribution in [1.82, 2.24) is 0 Å². The molecule has 16 heavy (non-hydrogen) atoms.